The van der Waals surface area contributed by atoms with Crippen molar-refractivity contribution in [3.8, 4) is 5.75 Å². The first-order chi connectivity index (χ1) is 7.23. The second-order valence-corrected chi connectivity index (χ2v) is 5.15. The monoisotopic (exact) mass is 228 g/mol. The maximum absolute atomic E-state index is 13.7. The molecule has 0 fully saturated rings. The average molecular weight is 228 g/mol. The smallest absolute Gasteiger partial charge is 0.200 e. The van der Waals surface area contributed by atoms with Gasteiger partial charge in [0, 0.05) is 5.56 Å². The molecule has 0 aliphatic rings. The van der Waals surface area contributed by atoms with Gasteiger partial charge in [-0.25, -0.2) is 4.39 Å². The van der Waals surface area contributed by atoms with Crippen LogP contribution in [0.4, 0.5) is 8.78 Å². The topological polar surface area (TPSA) is 9.23 Å². The van der Waals surface area contributed by atoms with E-state index in [4.69, 9.17) is 4.74 Å². The molecule has 16 heavy (non-hydrogen) atoms. The van der Waals surface area contributed by atoms with Crippen molar-refractivity contribution in [2.24, 2.45) is 0 Å². The molecule has 90 valence electrons. The zero-order valence-corrected chi connectivity index (χ0v) is 10.4. The van der Waals surface area contributed by atoms with Crippen LogP contribution in [-0.4, -0.2) is 6.10 Å². The first-order valence-electron chi connectivity index (χ1n) is 5.38. The number of hydrogen-bond donors (Lipinski definition) is 0. The van der Waals surface area contributed by atoms with E-state index in [1.807, 2.05) is 20.8 Å². The molecule has 0 radical (unpaired) electrons. The van der Waals surface area contributed by atoms with Gasteiger partial charge in [-0.05, 0) is 25.3 Å². The van der Waals surface area contributed by atoms with Crippen LogP contribution in [0.25, 0.3) is 0 Å². The van der Waals surface area contributed by atoms with Crippen LogP contribution in [-0.2, 0) is 5.41 Å². The molecule has 0 aliphatic carbocycles. The summed E-state index contributed by atoms with van der Waals surface area (Å²) in [4.78, 5) is 0. The molecular weight excluding hydrogens is 210 g/mol. The van der Waals surface area contributed by atoms with E-state index in [9.17, 15) is 8.78 Å². The summed E-state index contributed by atoms with van der Waals surface area (Å²) in [5.41, 5.74) is 0.402. The molecule has 0 N–H and O–H groups in total. The SMILES string of the molecule is CC(C)Oc1c(C(C)(C)C)ccc(F)c1F. The minimum Gasteiger partial charge on any atom is -0.488 e. The maximum Gasteiger partial charge on any atom is 0.200 e. The lowest BCUT2D eigenvalue weighted by Gasteiger charge is -2.24. The molecule has 0 spiro atoms. The Labute approximate surface area is 95.4 Å². The van der Waals surface area contributed by atoms with Crippen LogP contribution in [0.1, 0.15) is 40.2 Å². The fourth-order valence-electron chi connectivity index (χ4n) is 1.47. The third-order valence-electron chi connectivity index (χ3n) is 2.21. The number of hydrogen-bond acceptors (Lipinski definition) is 1. The number of benzene rings is 1. The molecule has 0 unspecified atom stereocenters. The quantitative estimate of drug-likeness (QED) is 0.742. The summed E-state index contributed by atoms with van der Waals surface area (Å²) in [6, 6.07) is 2.72. The Morgan fingerprint density at radius 1 is 1.12 bits per heavy atom. The first-order valence-corrected chi connectivity index (χ1v) is 5.38. The highest BCUT2D eigenvalue weighted by molar-refractivity contribution is 5.40. The van der Waals surface area contributed by atoms with Crippen molar-refractivity contribution in [3.63, 3.8) is 0 Å². The van der Waals surface area contributed by atoms with Gasteiger partial charge in [0.15, 0.2) is 11.6 Å². The Morgan fingerprint density at radius 3 is 2.12 bits per heavy atom. The number of halogens is 2. The number of ether oxygens (including phenoxy) is 1. The van der Waals surface area contributed by atoms with Gasteiger partial charge < -0.3 is 4.74 Å². The van der Waals surface area contributed by atoms with Gasteiger partial charge in [-0.15, -0.1) is 0 Å². The lowest BCUT2D eigenvalue weighted by Crippen LogP contribution is -2.17. The van der Waals surface area contributed by atoms with Gasteiger partial charge in [-0.2, -0.15) is 4.39 Å². The third kappa shape index (κ3) is 2.71. The molecule has 1 aromatic carbocycles. The summed E-state index contributed by atoms with van der Waals surface area (Å²) < 4.78 is 32.2. The zero-order valence-electron chi connectivity index (χ0n) is 10.4. The van der Waals surface area contributed by atoms with Crippen LogP contribution in [0.15, 0.2) is 12.1 Å². The summed E-state index contributed by atoms with van der Waals surface area (Å²) >= 11 is 0. The summed E-state index contributed by atoms with van der Waals surface area (Å²) in [6.07, 6.45) is -0.183. The maximum atomic E-state index is 13.7. The lowest BCUT2D eigenvalue weighted by molar-refractivity contribution is 0.222. The average Bonchev–Trinajstić information content (AvgIpc) is 2.10. The molecule has 0 amide bonds. The second-order valence-electron chi connectivity index (χ2n) is 5.15. The normalized spacial score (nSPS) is 12.0. The molecule has 1 nitrogen and oxygen atoms in total. The van der Waals surface area contributed by atoms with Gasteiger partial charge in [0.2, 0.25) is 5.82 Å². The second kappa shape index (κ2) is 4.40. The molecule has 0 atom stereocenters. The van der Waals surface area contributed by atoms with E-state index in [2.05, 4.69) is 0 Å². The van der Waals surface area contributed by atoms with Crippen LogP contribution in [0.2, 0.25) is 0 Å². The van der Waals surface area contributed by atoms with Gasteiger partial charge in [-0.3, -0.25) is 0 Å². The Kier molecular flexibility index (Phi) is 3.56. The zero-order chi connectivity index (χ0) is 12.5. The van der Waals surface area contributed by atoms with Crippen LogP contribution >= 0.6 is 0 Å². The predicted molar refractivity (Wildman–Crippen MR) is 60.8 cm³/mol. The molecule has 0 bridgehead atoms. The van der Waals surface area contributed by atoms with Gasteiger partial charge in [-0.1, -0.05) is 26.8 Å². The highest BCUT2D eigenvalue weighted by atomic mass is 19.2. The van der Waals surface area contributed by atoms with E-state index in [-0.39, 0.29) is 17.3 Å². The third-order valence-corrected chi connectivity index (χ3v) is 2.21. The van der Waals surface area contributed by atoms with Gasteiger partial charge in [0.05, 0.1) is 6.10 Å². The van der Waals surface area contributed by atoms with Crippen molar-refractivity contribution in [1.29, 1.82) is 0 Å². The van der Waals surface area contributed by atoms with E-state index in [1.165, 1.54) is 0 Å². The highest BCUT2D eigenvalue weighted by Crippen LogP contribution is 2.35. The molecule has 0 aliphatic heterocycles. The van der Waals surface area contributed by atoms with Crippen LogP contribution in [0.5, 0.6) is 5.75 Å². The van der Waals surface area contributed by atoms with E-state index in [1.54, 1.807) is 19.9 Å². The van der Waals surface area contributed by atoms with Crippen LogP contribution < -0.4 is 4.74 Å². The van der Waals surface area contributed by atoms with Gasteiger partial charge >= 0.3 is 0 Å². The summed E-state index contributed by atoms with van der Waals surface area (Å²) in [6.45, 7) is 9.39. The first kappa shape index (κ1) is 12.9. The molecule has 0 heterocycles. The fraction of sp³-hybridized carbons (Fsp3) is 0.538. The Balaban J connectivity index is 3.33. The minimum absolute atomic E-state index is 0.0301. The Hall–Kier alpha value is -1.12. The van der Waals surface area contributed by atoms with Crippen molar-refractivity contribution in [2.75, 3.05) is 0 Å². The van der Waals surface area contributed by atoms with Crippen molar-refractivity contribution in [2.45, 2.75) is 46.1 Å². The van der Waals surface area contributed by atoms with Crippen molar-refractivity contribution in [1.82, 2.24) is 0 Å². The molecule has 0 saturated carbocycles. The molecule has 0 saturated heterocycles. The van der Waals surface area contributed by atoms with Crippen molar-refractivity contribution < 1.29 is 13.5 Å². The predicted octanol–water partition coefficient (Wildman–Crippen LogP) is 4.05. The molecular formula is C13H18F2O. The van der Waals surface area contributed by atoms with Gasteiger partial charge in [0.1, 0.15) is 0 Å². The summed E-state index contributed by atoms with van der Waals surface area (Å²) in [5, 5.41) is 0. The van der Waals surface area contributed by atoms with Gasteiger partial charge in [0.25, 0.3) is 0 Å². The fourth-order valence-corrected chi connectivity index (χ4v) is 1.47. The van der Waals surface area contributed by atoms with E-state index < -0.39 is 11.6 Å². The minimum atomic E-state index is -0.902. The largest absolute Gasteiger partial charge is 0.488 e. The van der Waals surface area contributed by atoms with Crippen LogP contribution in [0.3, 0.4) is 0 Å². The Bertz CT molecular complexity index is 378. The standard InChI is InChI=1S/C13H18F2O/c1-8(2)16-12-9(13(3,4)5)6-7-10(14)11(12)15/h6-8H,1-5H3. The molecule has 3 heteroatoms. The van der Waals surface area contributed by atoms with Crippen molar-refractivity contribution >= 4 is 0 Å². The van der Waals surface area contributed by atoms with E-state index in [0.717, 1.165) is 6.07 Å². The van der Waals surface area contributed by atoms with Crippen molar-refractivity contribution in [3.05, 3.63) is 29.3 Å². The molecule has 1 rings (SSSR count). The van der Waals surface area contributed by atoms with E-state index in [0.29, 0.717) is 5.56 Å². The highest BCUT2D eigenvalue weighted by Gasteiger charge is 2.24. The summed E-state index contributed by atoms with van der Waals surface area (Å²) in [7, 11) is 0. The van der Waals surface area contributed by atoms with Crippen LogP contribution in [0, 0.1) is 11.6 Å². The molecule has 1 aromatic rings. The molecule has 0 aromatic heterocycles. The van der Waals surface area contributed by atoms with E-state index >= 15 is 0 Å². The lowest BCUT2D eigenvalue weighted by atomic mass is 9.86. The number of rotatable bonds is 2. The Morgan fingerprint density at radius 2 is 1.69 bits per heavy atom. The summed E-state index contributed by atoms with van der Waals surface area (Å²) in [5.74, 6) is -1.74.